The average molecular weight is 349 g/mol. The number of rotatable bonds is 5. The zero-order chi connectivity index (χ0) is 18.4. The fraction of sp³-hybridized carbons (Fsp3) is 0.714. The van der Waals surface area contributed by atoms with Crippen LogP contribution in [0.25, 0.3) is 0 Å². The van der Waals surface area contributed by atoms with Crippen molar-refractivity contribution in [2.24, 2.45) is 0 Å². The van der Waals surface area contributed by atoms with E-state index in [0.29, 0.717) is 0 Å². The lowest BCUT2D eigenvalue weighted by molar-refractivity contribution is -0.245. The van der Waals surface area contributed by atoms with Crippen LogP contribution in [0.5, 0.6) is 0 Å². The predicted molar refractivity (Wildman–Crippen MR) is 75.1 cm³/mol. The van der Waals surface area contributed by atoms with Gasteiger partial charge in [-0.3, -0.25) is 19.2 Å². The third kappa shape index (κ3) is 5.76. The molecule has 1 saturated heterocycles. The van der Waals surface area contributed by atoms with E-state index in [1.807, 2.05) is 0 Å². The number of carbonyl (C=O) groups is 4. The van der Waals surface area contributed by atoms with Crippen LogP contribution in [0.1, 0.15) is 27.7 Å². The molecule has 0 saturated carbocycles. The summed E-state index contributed by atoms with van der Waals surface area (Å²) in [5.41, 5.74) is 0. The largest absolute Gasteiger partial charge is 0.463 e. The molecule has 1 fully saturated rings. The Hall–Kier alpha value is -2.23. The van der Waals surface area contributed by atoms with Gasteiger partial charge in [-0.25, -0.2) is 4.39 Å². The van der Waals surface area contributed by atoms with Gasteiger partial charge >= 0.3 is 17.9 Å². The molecule has 5 atom stereocenters. The lowest BCUT2D eigenvalue weighted by Gasteiger charge is -2.42. The molecule has 1 aliphatic rings. The minimum atomic E-state index is -2.06. The van der Waals surface area contributed by atoms with Crippen LogP contribution in [0.2, 0.25) is 0 Å². The Labute approximate surface area is 137 Å². The molecule has 0 aliphatic carbocycles. The van der Waals surface area contributed by atoms with Gasteiger partial charge < -0.3 is 24.3 Å². The Balaban J connectivity index is 3.11. The first-order chi connectivity index (χ1) is 11.1. The van der Waals surface area contributed by atoms with Crippen molar-refractivity contribution in [3.63, 3.8) is 0 Å². The highest BCUT2D eigenvalue weighted by molar-refractivity contribution is 5.73. The number of hydrogen-bond acceptors (Lipinski definition) is 8. The summed E-state index contributed by atoms with van der Waals surface area (Å²) in [6.45, 7) is 4.05. The molecule has 9 nitrogen and oxygen atoms in total. The fourth-order valence-corrected chi connectivity index (χ4v) is 2.28. The second-order valence-electron chi connectivity index (χ2n) is 5.20. The highest BCUT2D eigenvalue weighted by Gasteiger charge is 2.51. The summed E-state index contributed by atoms with van der Waals surface area (Å²) in [6, 6.07) is -1.38. The average Bonchev–Trinajstić information content (AvgIpc) is 2.42. The van der Waals surface area contributed by atoms with Crippen LogP contribution in [0.4, 0.5) is 4.39 Å². The Morgan fingerprint density at radius 3 is 1.96 bits per heavy atom. The molecule has 0 aromatic carbocycles. The van der Waals surface area contributed by atoms with Gasteiger partial charge in [-0.05, 0) is 0 Å². The smallest absolute Gasteiger partial charge is 0.303 e. The molecule has 24 heavy (non-hydrogen) atoms. The molecule has 1 unspecified atom stereocenters. The highest BCUT2D eigenvalue weighted by atomic mass is 19.1. The van der Waals surface area contributed by atoms with Crippen molar-refractivity contribution in [1.29, 1.82) is 0 Å². The number of esters is 3. The first-order valence-electron chi connectivity index (χ1n) is 7.16. The zero-order valence-electron chi connectivity index (χ0n) is 13.7. The summed E-state index contributed by atoms with van der Waals surface area (Å²) < 4.78 is 34.2. The van der Waals surface area contributed by atoms with Crippen molar-refractivity contribution in [2.45, 2.75) is 58.4 Å². The van der Waals surface area contributed by atoms with Crippen molar-refractivity contribution in [3.8, 4) is 0 Å². The summed E-state index contributed by atoms with van der Waals surface area (Å²) in [5.74, 6) is -2.76. The summed E-state index contributed by atoms with van der Waals surface area (Å²) >= 11 is 0. The van der Waals surface area contributed by atoms with Crippen LogP contribution in [0.15, 0.2) is 0 Å². The van der Waals surface area contributed by atoms with Crippen molar-refractivity contribution in [1.82, 2.24) is 5.32 Å². The Bertz CT molecular complexity index is 511. The predicted octanol–water partition coefficient (Wildman–Crippen LogP) is -0.388. The molecule has 1 rings (SSSR count). The molecule has 1 amide bonds. The number of carbonyl (C=O) groups excluding carboxylic acids is 4. The fourth-order valence-electron chi connectivity index (χ4n) is 2.28. The van der Waals surface area contributed by atoms with E-state index >= 15 is 0 Å². The van der Waals surface area contributed by atoms with Crippen LogP contribution in [-0.2, 0) is 38.1 Å². The third-order valence-electron chi connectivity index (χ3n) is 3.06. The monoisotopic (exact) mass is 349 g/mol. The van der Waals surface area contributed by atoms with E-state index in [9.17, 15) is 23.6 Å². The van der Waals surface area contributed by atoms with E-state index in [4.69, 9.17) is 18.9 Å². The first-order valence-corrected chi connectivity index (χ1v) is 7.16. The third-order valence-corrected chi connectivity index (χ3v) is 3.06. The van der Waals surface area contributed by atoms with Gasteiger partial charge in [-0.15, -0.1) is 0 Å². The Kier molecular flexibility index (Phi) is 7.08. The second kappa shape index (κ2) is 8.57. The normalized spacial score (nSPS) is 29.3. The molecule has 1 aliphatic heterocycles. The van der Waals surface area contributed by atoms with Gasteiger partial charge in [0.2, 0.25) is 12.3 Å². The Morgan fingerprint density at radius 1 is 0.958 bits per heavy atom. The van der Waals surface area contributed by atoms with Gasteiger partial charge in [0.25, 0.3) is 0 Å². The molecule has 0 radical (unpaired) electrons. The molecule has 0 aromatic heterocycles. The standard InChI is InChI=1S/C14H20FNO8/c1-6(17)16-11-13(23-9(4)20)12(22-8(3)19)10(24-14(11)15)5-21-7(2)18/h10-14H,5H2,1-4H3,(H,16,17)/t10-,11-,12-,13-,14?/m1/s1. The van der Waals surface area contributed by atoms with Gasteiger partial charge in [-0.1, -0.05) is 0 Å². The molecule has 136 valence electrons. The minimum Gasteiger partial charge on any atom is -0.463 e. The maximum absolute atomic E-state index is 14.3. The summed E-state index contributed by atoms with van der Waals surface area (Å²) in [4.78, 5) is 44.9. The SMILES string of the molecule is CC(=O)N[C@H]1C(F)O[C@H](COC(C)=O)[C@@H](OC(C)=O)[C@@H]1OC(C)=O. The topological polar surface area (TPSA) is 117 Å². The molecular weight excluding hydrogens is 329 g/mol. The van der Waals surface area contributed by atoms with Crippen molar-refractivity contribution < 1.29 is 42.5 Å². The van der Waals surface area contributed by atoms with E-state index in [-0.39, 0.29) is 0 Å². The van der Waals surface area contributed by atoms with Crippen LogP contribution in [0.3, 0.4) is 0 Å². The first kappa shape index (κ1) is 19.8. The van der Waals surface area contributed by atoms with E-state index in [2.05, 4.69) is 5.32 Å². The van der Waals surface area contributed by atoms with Gasteiger partial charge in [-0.2, -0.15) is 0 Å². The summed E-state index contributed by atoms with van der Waals surface area (Å²) in [6.07, 6.45) is -5.89. The van der Waals surface area contributed by atoms with Crippen LogP contribution < -0.4 is 5.32 Å². The summed E-state index contributed by atoms with van der Waals surface area (Å²) in [5, 5.41) is 2.26. The van der Waals surface area contributed by atoms with Crippen LogP contribution in [-0.4, -0.2) is 61.1 Å². The minimum absolute atomic E-state index is 0.418. The van der Waals surface area contributed by atoms with Crippen molar-refractivity contribution in [3.05, 3.63) is 0 Å². The molecule has 1 N–H and O–H groups in total. The second-order valence-corrected chi connectivity index (χ2v) is 5.20. The Morgan fingerprint density at radius 2 is 1.50 bits per heavy atom. The van der Waals surface area contributed by atoms with Crippen molar-refractivity contribution in [2.75, 3.05) is 6.61 Å². The van der Waals surface area contributed by atoms with Crippen LogP contribution in [0, 0.1) is 0 Å². The molecular formula is C14H20FNO8. The van der Waals surface area contributed by atoms with Gasteiger partial charge in [0.1, 0.15) is 18.8 Å². The van der Waals surface area contributed by atoms with Crippen molar-refractivity contribution >= 4 is 23.8 Å². The van der Waals surface area contributed by atoms with Gasteiger partial charge in [0.15, 0.2) is 12.2 Å². The number of halogens is 1. The number of alkyl halides is 1. The number of amides is 1. The lowest BCUT2D eigenvalue weighted by atomic mass is 9.96. The number of ether oxygens (including phenoxy) is 4. The highest BCUT2D eigenvalue weighted by Crippen LogP contribution is 2.27. The summed E-state index contributed by atoms with van der Waals surface area (Å²) in [7, 11) is 0. The number of hydrogen-bond donors (Lipinski definition) is 1. The number of nitrogens with one attached hydrogen (secondary N) is 1. The maximum atomic E-state index is 14.3. The van der Waals surface area contributed by atoms with Gasteiger partial charge in [0, 0.05) is 27.7 Å². The van der Waals surface area contributed by atoms with E-state index in [1.54, 1.807) is 0 Å². The quantitative estimate of drug-likeness (QED) is 0.527. The molecule has 10 heteroatoms. The van der Waals surface area contributed by atoms with Gasteiger partial charge in [0.05, 0.1) is 0 Å². The molecule has 0 spiro atoms. The lowest BCUT2D eigenvalue weighted by Crippen LogP contribution is -2.65. The van der Waals surface area contributed by atoms with Crippen LogP contribution >= 0.6 is 0 Å². The van der Waals surface area contributed by atoms with E-state index < -0.39 is 61.1 Å². The molecule has 0 aromatic rings. The molecule has 1 heterocycles. The molecule has 0 bridgehead atoms. The maximum Gasteiger partial charge on any atom is 0.303 e. The van der Waals surface area contributed by atoms with E-state index in [1.165, 1.54) is 0 Å². The zero-order valence-corrected chi connectivity index (χ0v) is 13.7. The van der Waals surface area contributed by atoms with E-state index in [0.717, 1.165) is 27.7 Å².